The molecule has 1 heterocycles. The Kier molecular flexibility index (Phi) is 3.14. The van der Waals surface area contributed by atoms with Gasteiger partial charge in [0.25, 0.3) is 0 Å². The summed E-state index contributed by atoms with van der Waals surface area (Å²) in [5, 5.41) is 3.55. The number of hydrogen-bond donors (Lipinski definition) is 0. The maximum atomic E-state index is 10.8. The molecule has 2 aromatic rings. The topological polar surface area (TPSA) is 30.0 Å². The second kappa shape index (κ2) is 4.55. The molecule has 0 unspecified atom stereocenters. The van der Waals surface area contributed by atoms with Gasteiger partial charge in [-0.2, -0.15) is 0 Å². The quantitative estimate of drug-likeness (QED) is 0.768. The first kappa shape index (κ1) is 10.3. The summed E-state index contributed by atoms with van der Waals surface area (Å²) in [6.45, 7) is 0. The Morgan fingerprint density at radius 3 is 3.00 bits per heavy atom. The fourth-order valence-corrected chi connectivity index (χ4v) is 2.18. The highest BCUT2D eigenvalue weighted by atomic mass is 35.5. The third-order valence-electron chi connectivity index (χ3n) is 2.06. The predicted octanol–water partition coefficient (Wildman–Crippen LogP) is 3.20. The minimum absolute atomic E-state index is 0.646. The van der Waals surface area contributed by atoms with Gasteiger partial charge in [0.15, 0.2) is 0 Å². The molecule has 0 aliphatic rings. The number of nitrogens with zero attached hydrogens (tertiary/aromatic N) is 1. The first-order chi connectivity index (χ1) is 7.29. The standard InChI is InChI=1S/C11H8ClNOS/c12-10-2-1-8(7-14)9(5-10)6-11-13-3-4-15-11/h1-5,7H,6H2. The highest BCUT2D eigenvalue weighted by Crippen LogP contribution is 2.19. The molecule has 0 fully saturated rings. The van der Waals surface area contributed by atoms with E-state index in [1.54, 1.807) is 29.7 Å². The highest BCUT2D eigenvalue weighted by Gasteiger charge is 2.05. The van der Waals surface area contributed by atoms with Crippen LogP contribution < -0.4 is 0 Å². The number of hydrogen-bond acceptors (Lipinski definition) is 3. The summed E-state index contributed by atoms with van der Waals surface area (Å²) >= 11 is 7.45. The molecule has 0 aliphatic carbocycles. The number of carbonyl (C=O) groups is 1. The van der Waals surface area contributed by atoms with Gasteiger partial charge in [0.1, 0.15) is 6.29 Å². The fraction of sp³-hybridized carbons (Fsp3) is 0.0909. The summed E-state index contributed by atoms with van der Waals surface area (Å²) in [6, 6.07) is 5.27. The molecular weight excluding hydrogens is 230 g/mol. The maximum Gasteiger partial charge on any atom is 0.150 e. The summed E-state index contributed by atoms with van der Waals surface area (Å²) < 4.78 is 0. The monoisotopic (exact) mass is 237 g/mol. The zero-order chi connectivity index (χ0) is 10.7. The van der Waals surface area contributed by atoms with Crippen molar-refractivity contribution in [2.24, 2.45) is 0 Å². The number of benzene rings is 1. The molecule has 1 aromatic heterocycles. The van der Waals surface area contributed by atoms with Crippen molar-refractivity contribution in [1.82, 2.24) is 4.98 Å². The Morgan fingerprint density at radius 1 is 1.47 bits per heavy atom. The molecule has 0 aliphatic heterocycles. The normalized spacial score (nSPS) is 10.2. The van der Waals surface area contributed by atoms with Crippen LogP contribution in [0.1, 0.15) is 20.9 Å². The van der Waals surface area contributed by atoms with Crippen molar-refractivity contribution in [3.63, 3.8) is 0 Å². The SMILES string of the molecule is O=Cc1ccc(Cl)cc1Cc1nccs1. The van der Waals surface area contributed by atoms with Crippen LogP contribution in [0.5, 0.6) is 0 Å². The average molecular weight is 238 g/mol. The van der Waals surface area contributed by atoms with Gasteiger partial charge in [0, 0.05) is 28.6 Å². The van der Waals surface area contributed by atoms with Crippen LogP contribution in [-0.2, 0) is 6.42 Å². The van der Waals surface area contributed by atoms with E-state index in [4.69, 9.17) is 11.6 Å². The molecule has 4 heteroatoms. The van der Waals surface area contributed by atoms with Crippen molar-refractivity contribution in [2.45, 2.75) is 6.42 Å². The third-order valence-corrected chi connectivity index (χ3v) is 3.07. The van der Waals surface area contributed by atoms with Gasteiger partial charge in [-0.05, 0) is 23.8 Å². The molecule has 0 radical (unpaired) electrons. The van der Waals surface area contributed by atoms with E-state index in [-0.39, 0.29) is 0 Å². The van der Waals surface area contributed by atoms with Crippen molar-refractivity contribution in [3.8, 4) is 0 Å². The minimum atomic E-state index is 0.646. The maximum absolute atomic E-state index is 10.8. The molecule has 0 atom stereocenters. The fourth-order valence-electron chi connectivity index (χ4n) is 1.35. The third kappa shape index (κ3) is 2.43. The summed E-state index contributed by atoms with van der Waals surface area (Å²) in [5.74, 6) is 0. The number of aldehydes is 1. The lowest BCUT2D eigenvalue weighted by Crippen LogP contribution is -1.93. The van der Waals surface area contributed by atoms with E-state index in [1.165, 1.54) is 0 Å². The summed E-state index contributed by atoms with van der Waals surface area (Å²) in [5.41, 5.74) is 1.60. The molecule has 0 bridgehead atoms. The molecule has 0 amide bonds. The zero-order valence-electron chi connectivity index (χ0n) is 7.81. The van der Waals surface area contributed by atoms with Crippen LogP contribution in [0.3, 0.4) is 0 Å². The van der Waals surface area contributed by atoms with Gasteiger partial charge < -0.3 is 0 Å². The van der Waals surface area contributed by atoms with Crippen LogP contribution >= 0.6 is 22.9 Å². The smallest absolute Gasteiger partial charge is 0.150 e. The van der Waals surface area contributed by atoms with Crippen LogP contribution in [0.4, 0.5) is 0 Å². The number of thiazole rings is 1. The van der Waals surface area contributed by atoms with Crippen LogP contribution in [0.25, 0.3) is 0 Å². The Bertz CT molecular complexity index is 467. The number of aromatic nitrogens is 1. The first-order valence-electron chi connectivity index (χ1n) is 4.41. The predicted molar refractivity (Wildman–Crippen MR) is 61.8 cm³/mol. The van der Waals surface area contributed by atoms with Crippen molar-refractivity contribution in [3.05, 3.63) is 50.9 Å². The van der Waals surface area contributed by atoms with Gasteiger partial charge in [-0.25, -0.2) is 4.98 Å². The molecule has 0 saturated heterocycles. The van der Waals surface area contributed by atoms with E-state index >= 15 is 0 Å². The Labute approximate surface area is 96.5 Å². The highest BCUT2D eigenvalue weighted by molar-refractivity contribution is 7.09. The molecule has 1 aromatic carbocycles. The lowest BCUT2D eigenvalue weighted by molar-refractivity contribution is 0.112. The van der Waals surface area contributed by atoms with Gasteiger partial charge in [0.05, 0.1) is 5.01 Å². The van der Waals surface area contributed by atoms with E-state index in [2.05, 4.69) is 4.98 Å². The summed E-state index contributed by atoms with van der Waals surface area (Å²) in [7, 11) is 0. The van der Waals surface area contributed by atoms with E-state index in [0.717, 1.165) is 16.9 Å². The zero-order valence-corrected chi connectivity index (χ0v) is 9.39. The van der Waals surface area contributed by atoms with E-state index in [0.29, 0.717) is 17.0 Å². The van der Waals surface area contributed by atoms with Crippen molar-refractivity contribution < 1.29 is 4.79 Å². The van der Waals surface area contributed by atoms with E-state index in [1.807, 2.05) is 11.4 Å². The Hall–Kier alpha value is -1.19. The second-order valence-corrected chi connectivity index (χ2v) is 4.48. The van der Waals surface area contributed by atoms with E-state index < -0.39 is 0 Å². The Balaban J connectivity index is 2.34. The van der Waals surface area contributed by atoms with Gasteiger partial charge in [0.2, 0.25) is 0 Å². The molecule has 0 saturated carbocycles. The molecule has 0 N–H and O–H groups in total. The number of rotatable bonds is 3. The van der Waals surface area contributed by atoms with E-state index in [9.17, 15) is 4.79 Å². The molecule has 0 spiro atoms. The average Bonchev–Trinajstić information content (AvgIpc) is 2.71. The van der Waals surface area contributed by atoms with Crippen LogP contribution in [0, 0.1) is 0 Å². The Morgan fingerprint density at radius 2 is 2.33 bits per heavy atom. The molecule has 2 rings (SSSR count). The van der Waals surface area contributed by atoms with Crippen molar-refractivity contribution in [2.75, 3.05) is 0 Å². The van der Waals surface area contributed by atoms with Gasteiger partial charge >= 0.3 is 0 Å². The van der Waals surface area contributed by atoms with Crippen LogP contribution in [0.15, 0.2) is 29.8 Å². The first-order valence-corrected chi connectivity index (χ1v) is 5.67. The second-order valence-electron chi connectivity index (χ2n) is 3.06. The van der Waals surface area contributed by atoms with Gasteiger partial charge in [-0.3, -0.25) is 4.79 Å². The van der Waals surface area contributed by atoms with Gasteiger partial charge in [-0.1, -0.05) is 11.6 Å². The largest absolute Gasteiger partial charge is 0.298 e. The summed E-state index contributed by atoms with van der Waals surface area (Å²) in [6.07, 6.45) is 3.26. The number of carbonyl (C=O) groups excluding carboxylic acids is 1. The molecule has 76 valence electrons. The van der Waals surface area contributed by atoms with Crippen molar-refractivity contribution in [1.29, 1.82) is 0 Å². The molecular formula is C11H8ClNOS. The molecule has 2 nitrogen and oxygen atoms in total. The lowest BCUT2D eigenvalue weighted by Gasteiger charge is -2.02. The molecule has 15 heavy (non-hydrogen) atoms. The van der Waals surface area contributed by atoms with Crippen molar-refractivity contribution >= 4 is 29.2 Å². The minimum Gasteiger partial charge on any atom is -0.298 e. The number of halogens is 1. The van der Waals surface area contributed by atoms with Crippen LogP contribution in [-0.4, -0.2) is 11.3 Å². The van der Waals surface area contributed by atoms with Crippen LogP contribution in [0.2, 0.25) is 5.02 Å². The summed E-state index contributed by atoms with van der Waals surface area (Å²) in [4.78, 5) is 15.0. The van der Waals surface area contributed by atoms with Gasteiger partial charge in [-0.15, -0.1) is 11.3 Å². The lowest BCUT2D eigenvalue weighted by atomic mass is 10.1.